The van der Waals surface area contributed by atoms with Gasteiger partial charge in [0.1, 0.15) is 12.0 Å². The van der Waals surface area contributed by atoms with Gasteiger partial charge in [0, 0.05) is 12.8 Å². The van der Waals surface area contributed by atoms with Gasteiger partial charge in [-0.2, -0.15) is 0 Å². The summed E-state index contributed by atoms with van der Waals surface area (Å²) in [6.45, 7) is 0.702. The van der Waals surface area contributed by atoms with Crippen molar-refractivity contribution in [2.24, 2.45) is 0 Å². The summed E-state index contributed by atoms with van der Waals surface area (Å²) >= 11 is 0. The lowest BCUT2D eigenvalue weighted by Crippen LogP contribution is -2.49. The van der Waals surface area contributed by atoms with E-state index in [4.69, 9.17) is 0 Å². The minimum atomic E-state index is -1.01. The maximum Gasteiger partial charge on any atom is 0.120 e. The molecule has 0 aromatic rings. The Morgan fingerprint density at radius 2 is 1.92 bits per heavy atom. The average Bonchev–Trinajstić information content (AvgIpc) is 2.14. The van der Waals surface area contributed by atoms with Gasteiger partial charge in [0.2, 0.25) is 0 Å². The summed E-state index contributed by atoms with van der Waals surface area (Å²) in [7, 11) is 5.15. The molecule has 0 spiro atoms. The monoisotopic (exact) mass is 191 g/mol. The third-order valence-electron chi connectivity index (χ3n) is 2.12. The minimum absolute atomic E-state index is 0.266. The third kappa shape index (κ3) is 5.17. The molecule has 0 aromatic carbocycles. The van der Waals surface area contributed by atoms with E-state index in [-0.39, 0.29) is 6.42 Å². The summed E-state index contributed by atoms with van der Waals surface area (Å²) in [6.07, 6.45) is 0.134. The van der Waals surface area contributed by atoms with Crippen molar-refractivity contribution in [3.8, 4) is 0 Å². The van der Waals surface area contributed by atoms with E-state index in [0.717, 1.165) is 0 Å². The lowest BCUT2D eigenvalue weighted by Gasteiger charge is -2.29. The molecule has 0 aliphatic carbocycles. The Kier molecular flexibility index (Phi) is 6.19. The first-order valence-corrected chi connectivity index (χ1v) is 4.49. The van der Waals surface area contributed by atoms with Crippen LogP contribution in [0.25, 0.3) is 0 Å². The molecule has 5 N–H and O–H groups in total. The van der Waals surface area contributed by atoms with Crippen LogP contribution in [0.1, 0.15) is 12.8 Å². The van der Waals surface area contributed by atoms with Crippen LogP contribution < -0.4 is 16.0 Å². The number of hydrogen-bond acceptors (Lipinski definition) is 5. The molecule has 0 radical (unpaired) electrons. The van der Waals surface area contributed by atoms with Crippen molar-refractivity contribution in [3.63, 3.8) is 0 Å². The Morgan fingerprint density at radius 3 is 2.31 bits per heavy atom. The van der Waals surface area contributed by atoms with Crippen molar-refractivity contribution in [1.82, 2.24) is 16.0 Å². The summed E-state index contributed by atoms with van der Waals surface area (Å²) in [6, 6.07) is 0. The maximum absolute atomic E-state index is 9.90. The molecule has 0 aliphatic rings. The topological polar surface area (TPSA) is 76.5 Å². The van der Waals surface area contributed by atoms with Crippen LogP contribution in [0.3, 0.4) is 0 Å². The summed E-state index contributed by atoms with van der Waals surface area (Å²) in [4.78, 5) is 0. The molecule has 5 nitrogen and oxygen atoms in total. The van der Waals surface area contributed by atoms with E-state index in [0.29, 0.717) is 13.0 Å². The van der Waals surface area contributed by atoms with Gasteiger partial charge in [0.15, 0.2) is 0 Å². The standard InChI is InChI=1S/C8H21N3O2/c1-9-5-4-8(13,11-3)6-7(12)10-2/h7,9-13H,4-6H2,1-3H3. The van der Waals surface area contributed by atoms with Gasteiger partial charge in [0.05, 0.1) is 0 Å². The van der Waals surface area contributed by atoms with Crippen molar-refractivity contribution in [1.29, 1.82) is 0 Å². The van der Waals surface area contributed by atoms with Crippen LogP contribution in [0.2, 0.25) is 0 Å². The molecular formula is C8H21N3O2. The maximum atomic E-state index is 9.90. The Hall–Kier alpha value is -0.200. The van der Waals surface area contributed by atoms with Crippen LogP contribution in [0.4, 0.5) is 0 Å². The van der Waals surface area contributed by atoms with Crippen LogP contribution in [-0.4, -0.2) is 49.9 Å². The zero-order chi connectivity index (χ0) is 10.3. The molecule has 0 fully saturated rings. The first kappa shape index (κ1) is 12.8. The summed E-state index contributed by atoms with van der Waals surface area (Å²) < 4.78 is 0. The fourth-order valence-corrected chi connectivity index (χ4v) is 1.08. The molecule has 0 heterocycles. The smallest absolute Gasteiger partial charge is 0.120 e. The fourth-order valence-electron chi connectivity index (χ4n) is 1.08. The summed E-state index contributed by atoms with van der Waals surface area (Å²) in [5.41, 5.74) is -1.01. The molecule has 0 aliphatic heterocycles. The van der Waals surface area contributed by atoms with Crippen molar-refractivity contribution in [3.05, 3.63) is 0 Å². The van der Waals surface area contributed by atoms with Crippen molar-refractivity contribution < 1.29 is 10.2 Å². The van der Waals surface area contributed by atoms with Crippen LogP contribution in [0.15, 0.2) is 0 Å². The highest BCUT2D eigenvalue weighted by Crippen LogP contribution is 2.11. The SMILES string of the molecule is CNCCC(O)(CC(O)NC)NC. The highest BCUT2D eigenvalue weighted by Gasteiger charge is 2.26. The normalized spacial score (nSPS) is 18.2. The van der Waals surface area contributed by atoms with Gasteiger partial charge in [-0.25, -0.2) is 0 Å². The first-order chi connectivity index (χ1) is 6.08. The molecule has 80 valence electrons. The Morgan fingerprint density at radius 1 is 1.31 bits per heavy atom. The molecule has 0 bridgehead atoms. The molecule has 13 heavy (non-hydrogen) atoms. The molecule has 0 aromatic heterocycles. The molecule has 2 unspecified atom stereocenters. The van der Waals surface area contributed by atoms with Crippen LogP contribution in [-0.2, 0) is 0 Å². The van der Waals surface area contributed by atoms with E-state index in [1.807, 2.05) is 7.05 Å². The zero-order valence-electron chi connectivity index (χ0n) is 8.59. The number of hydrogen-bond donors (Lipinski definition) is 5. The van der Waals surface area contributed by atoms with E-state index in [1.165, 1.54) is 0 Å². The molecule has 0 amide bonds. The lowest BCUT2D eigenvalue weighted by molar-refractivity contribution is -0.0437. The number of nitrogens with one attached hydrogen (secondary N) is 3. The van der Waals surface area contributed by atoms with Crippen LogP contribution in [0.5, 0.6) is 0 Å². The molecule has 5 heteroatoms. The van der Waals surface area contributed by atoms with Crippen molar-refractivity contribution in [2.75, 3.05) is 27.7 Å². The fraction of sp³-hybridized carbons (Fsp3) is 1.00. The Labute approximate surface area is 79.5 Å². The third-order valence-corrected chi connectivity index (χ3v) is 2.12. The van der Waals surface area contributed by atoms with Gasteiger partial charge in [-0.3, -0.25) is 10.6 Å². The number of aliphatic hydroxyl groups excluding tert-OH is 1. The van der Waals surface area contributed by atoms with Crippen LogP contribution >= 0.6 is 0 Å². The molecular weight excluding hydrogens is 170 g/mol. The predicted molar refractivity (Wildman–Crippen MR) is 52.2 cm³/mol. The van der Waals surface area contributed by atoms with Crippen LogP contribution in [0, 0.1) is 0 Å². The van der Waals surface area contributed by atoms with Gasteiger partial charge in [0.25, 0.3) is 0 Å². The lowest BCUT2D eigenvalue weighted by atomic mass is 10.1. The van der Waals surface area contributed by atoms with Gasteiger partial charge in [-0.1, -0.05) is 0 Å². The highest BCUT2D eigenvalue weighted by molar-refractivity contribution is 4.77. The molecule has 0 saturated carbocycles. The Balaban J connectivity index is 3.94. The van der Waals surface area contributed by atoms with E-state index in [1.54, 1.807) is 14.1 Å². The second-order valence-electron chi connectivity index (χ2n) is 3.14. The zero-order valence-corrected chi connectivity index (χ0v) is 8.59. The largest absolute Gasteiger partial charge is 0.378 e. The van der Waals surface area contributed by atoms with Gasteiger partial charge < -0.3 is 15.5 Å². The second kappa shape index (κ2) is 6.28. The molecule has 0 saturated heterocycles. The van der Waals surface area contributed by atoms with E-state index < -0.39 is 12.0 Å². The average molecular weight is 191 g/mol. The molecule has 0 rings (SSSR count). The second-order valence-corrected chi connectivity index (χ2v) is 3.14. The number of rotatable bonds is 7. The van der Waals surface area contributed by atoms with E-state index >= 15 is 0 Å². The highest BCUT2D eigenvalue weighted by atomic mass is 16.3. The van der Waals surface area contributed by atoms with Gasteiger partial charge >= 0.3 is 0 Å². The minimum Gasteiger partial charge on any atom is -0.378 e. The summed E-state index contributed by atoms with van der Waals surface area (Å²) in [5, 5.41) is 27.6. The quantitative estimate of drug-likeness (QED) is 0.314. The van der Waals surface area contributed by atoms with Crippen molar-refractivity contribution in [2.45, 2.75) is 24.8 Å². The number of aliphatic hydroxyl groups is 2. The predicted octanol–water partition coefficient (Wildman–Crippen LogP) is -1.57. The van der Waals surface area contributed by atoms with E-state index in [2.05, 4.69) is 16.0 Å². The van der Waals surface area contributed by atoms with Crippen molar-refractivity contribution >= 4 is 0 Å². The molecule has 2 atom stereocenters. The van der Waals surface area contributed by atoms with E-state index in [9.17, 15) is 10.2 Å². The summed E-state index contributed by atoms with van der Waals surface area (Å²) in [5.74, 6) is 0. The first-order valence-electron chi connectivity index (χ1n) is 4.49. The van der Waals surface area contributed by atoms with Gasteiger partial charge in [-0.15, -0.1) is 0 Å². The van der Waals surface area contributed by atoms with Gasteiger partial charge in [-0.05, 0) is 27.7 Å². The Bertz CT molecular complexity index is 135.